The van der Waals surface area contributed by atoms with Crippen molar-refractivity contribution in [1.29, 1.82) is 0 Å². The molecule has 2 fully saturated rings. The average molecular weight is 263 g/mol. The highest BCUT2D eigenvalue weighted by molar-refractivity contribution is 5.17. The van der Waals surface area contributed by atoms with Crippen LogP contribution in [0.3, 0.4) is 0 Å². The first-order valence-electron chi connectivity index (χ1n) is 7.67. The third-order valence-corrected chi connectivity index (χ3v) is 4.91. The molecule has 0 spiro atoms. The van der Waals surface area contributed by atoms with Crippen molar-refractivity contribution >= 4 is 0 Å². The van der Waals surface area contributed by atoms with E-state index < -0.39 is 0 Å². The zero-order chi connectivity index (χ0) is 13.3. The van der Waals surface area contributed by atoms with Gasteiger partial charge in [-0.15, -0.1) is 0 Å². The first kappa shape index (κ1) is 13.2. The molecule has 0 aliphatic heterocycles. The summed E-state index contributed by atoms with van der Waals surface area (Å²) in [5, 5.41) is 13.2. The van der Waals surface area contributed by atoms with E-state index in [0.717, 1.165) is 36.8 Å². The molecule has 1 aromatic heterocycles. The van der Waals surface area contributed by atoms with E-state index in [4.69, 9.17) is 4.42 Å². The van der Waals surface area contributed by atoms with Gasteiger partial charge in [0.25, 0.3) is 0 Å². The maximum absolute atomic E-state index is 9.66. The van der Waals surface area contributed by atoms with Gasteiger partial charge in [0.15, 0.2) is 0 Å². The number of hydrogen-bond acceptors (Lipinski definition) is 3. The summed E-state index contributed by atoms with van der Waals surface area (Å²) in [5.74, 6) is 3.59. The molecule has 0 bridgehead atoms. The van der Waals surface area contributed by atoms with Gasteiger partial charge in [0, 0.05) is 11.5 Å². The number of nitrogens with one attached hydrogen (secondary N) is 1. The summed E-state index contributed by atoms with van der Waals surface area (Å²) in [7, 11) is 0. The summed E-state index contributed by atoms with van der Waals surface area (Å²) >= 11 is 0. The lowest BCUT2D eigenvalue weighted by Crippen LogP contribution is -2.49. The number of aliphatic hydroxyl groups is 1. The highest BCUT2D eigenvalue weighted by Crippen LogP contribution is 2.47. The second kappa shape index (κ2) is 5.29. The van der Waals surface area contributed by atoms with Crippen LogP contribution >= 0.6 is 0 Å². The van der Waals surface area contributed by atoms with Crippen molar-refractivity contribution in [2.24, 2.45) is 5.92 Å². The van der Waals surface area contributed by atoms with Gasteiger partial charge in [0.2, 0.25) is 0 Å². The Bertz CT molecular complexity index is 420. The summed E-state index contributed by atoms with van der Waals surface area (Å²) in [6.45, 7) is 3.25. The third-order valence-electron chi connectivity index (χ3n) is 4.91. The molecule has 3 rings (SSSR count). The molecule has 3 heteroatoms. The van der Waals surface area contributed by atoms with E-state index in [1.165, 1.54) is 25.7 Å². The van der Waals surface area contributed by atoms with Crippen LogP contribution < -0.4 is 5.32 Å². The number of rotatable bonds is 5. The van der Waals surface area contributed by atoms with E-state index in [1.54, 1.807) is 0 Å². The second-order valence-electron chi connectivity index (χ2n) is 6.48. The van der Waals surface area contributed by atoms with Crippen molar-refractivity contribution < 1.29 is 9.52 Å². The minimum Gasteiger partial charge on any atom is -0.464 e. The zero-order valence-electron chi connectivity index (χ0n) is 11.8. The molecule has 19 heavy (non-hydrogen) atoms. The fourth-order valence-corrected chi connectivity index (χ4v) is 3.30. The fraction of sp³-hybridized carbons (Fsp3) is 0.750. The molecule has 0 saturated heterocycles. The molecule has 2 aliphatic carbocycles. The quantitative estimate of drug-likeness (QED) is 0.857. The van der Waals surface area contributed by atoms with Crippen LogP contribution in [0.1, 0.15) is 62.9 Å². The summed E-state index contributed by atoms with van der Waals surface area (Å²) in [6.07, 6.45) is 7.16. The Morgan fingerprint density at radius 2 is 2.05 bits per heavy atom. The van der Waals surface area contributed by atoms with Gasteiger partial charge in [-0.3, -0.25) is 0 Å². The van der Waals surface area contributed by atoms with Crippen molar-refractivity contribution in [2.75, 3.05) is 6.61 Å². The molecule has 1 heterocycles. The SMILES string of the molecule is CC1CC1c1ccc(CNC2(CO)CCCCC2)o1. The number of furan rings is 1. The van der Waals surface area contributed by atoms with Crippen molar-refractivity contribution in [3.63, 3.8) is 0 Å². The Morgan fingerprint density at radius 3 is 2.68 bits per heavy atom. The normalized spacial score (nSPS) is 29.4. The number of aliphatic hydroxyl groups excluding tert-OH is 1. The van der Waals surface area contributed by atoms with Gasteiger partial charge >= 0.3 is 0 Å². The lowest BCUT2D eigenvalue weighted by molar-refractivity contribution is 0.117. The smallest absolute Gasteiger partial charge is 0.117 e. The van der Waals surface area contributed by atoms with Crippen LogP contribution in [-0.2, 0) is 6.54 Å². The van der Waals surface area contributed by atoms with Crippen LogP contribution in [0.5, 0.6) is 0 Å². The topological polar surface area (TPSA) is 45.4 Å². The first-order chi connectivity index (χ1) is 9.22. The molecule has 3 nitrogen and oxygen atoms in total. The van der Waals surface area contributed by atoms with Crippen LogP contribution in [0.15, 0.2) is 16.5 Å². The van der Waals surface area contributed by atoms with Gasteiger partial charge in [-0.05, 0) is 37.3 Å². The van der Waals surface area contributed by atoms with Gasteiger partial charge < -0.3 is 14.8 Å². The lowest BCUT2D eigenvalue weighted by atomic mass is 9.82. The monoisotopic (exact) mass is 263 g/mol. The highest BCUT2D eigenvalue weighted by atomic mass is 16.3. The molecule has 0 amide bonds. The highest BCUT2D eigenvalue weighted by Gasteiger charge is 2.37. The Hall–Kier alpha value is -0.800. The van der Waals surface area contributed by atoms with Crippen LogP contribution in [0, 0.1) is 5.92 Å². The van der Waals surface area contributed by atoms with E-state index in [2.05, 4.69) is 24.4 Å². The minimum atomic E-state index is -0.0714. The maximum Gasteiger partial charge on any atom is 0.117 e. The summed E-state index contributed by atoms with van der Waals surface area (Å²) in [5.41, 5.74) is -0.0714. The van der Waals surface area contributed by atoms with E-state index in [1.807, 2.05) is 0 Å². The molecule has 0 radical (unpaired) electrons. The molecular weight excluding hydrogens is 238 g/mol. The molecule has 1 aromatic rings. The average Bonchev–Trinajstić information content (AvgIpc) is 3.00. The molecule has 2 aliphatic rings. The molecule has 2 N–H and O–H groups in total. The third kappa shape index (κ3) is 2.87. The lowest BCUT2D eigenvalue weighted by Gasteiger charge is -2.36. The van der Waals surface area contributed by atoms with Crippen LogP contribution in [0.2, 0.25) is 0 Å². The summed E-state index contributed by atoms with van der Waals surface area (Å²) in [6, 6.07) is 4.21. The zero-order valence-corrected chi connectivity index (χ0v) is 11.8. The maximum atomic E-state index is 9.66. The predicted octanol–water partition coefficient (Wildman–Crippen LogP) is 3.19. The fourth-order valence-electron chi connectivity index (χ4n) is 3.30. The largest absolute Gasteiger partial charge is 0.464 e. The number of hydrogen-bond donors (Lipinski definition) is 2. The van der Waals surface area contributed by atoms with Gasteiger partial charge in [-0.1, -0.05) is 26.2 Å². The minimum absolute atomic E-state index is 0.0714. The van der Waals surface area contributed by atoms with E-state index >= 15 is 0 Å². The van der Waals surface area contributed by atoms with Crippen molar-refractivity contribution in [3.8, 4) is 0 Å². The van der Waals surface area contributed by atoms with Gasteiger partial charge in [-0.2, -0.15) is 0 Å². The first-order valence-corrected chi connectivity index (χ1v) is 7.67. The van der Waals surface area contributed by atoms with Crippen LogP contribution in [0.25, 0.3) is 0 Å². The van der Waals surface area contributed by atoms with Crippen LogP contribution in [0.4, 0.5) is 0 Å². The second-order valence-corrected chi connectivity index (χ2v) is 6.48. The Balaban J connectivity index is 1.57. The molecule has 2 unspecified atom stereocenters. The molecule has 106 valence electrons. The van der Waals surface area contributed by atoms with Crippen molar-refractivity contribution in [2.45, 2.75) is 63.5 Å². The van der Waals surface area contributed by atoms with Crippen LogP contribution in [-0.4, -0.2) is 17.3 Å². The standard InChI is InChI=1S/C16H25NO2/c1-12-9-14(12)15-6-5-13(19-15)10-17-16(11-18)7-3-2-4-8-16/h5-6,12,14,17-18H,2-4,7-11H2,1H3. The van der Waals surface area contributed by atoms with E-state index in [0.29, 0.717) is 5.92 Å². The predicted molar refractivity (Wildman–Crippen MR) is 75.0 cm³/mol. The Labute approximate surface area is 115 Å². The van der Waals surface area contributed by atoms with Crippen molar-refractivity contribution in [1.82, 2.24) is 5.32 Å². The van der Waals surface area contributed by atoms with Gasteiger partial charge in [-0.25, -0.2) is 0 Å². The Morgan fingerprint density at radius 1 is 1.32 bits per heavy atom. The van der Waals surface area contributed by atoms with E-state index in [9.17, 15) is 5.11 Å². The Kier molecular flexibility index (Phi) is 3.68. The molecule has 0 aromatic carbocycles. The van der Waals surface area contributed by atoms with E-state index in [-0.39, 0.29) is 12.1 Å². The van der Waals surface area contributed by atoms with Gasteiger partial charge in [0.05, 0.1) is 13.2 Å². The van der Waals surface area contributed by atoms with Gasteiger partial charge in [0.1, 0.15) is 11.5 Å². The summed E-state index contributed by atoms with van der Waals surface area (Å²) in [4.78, 5) is 0. The molecule has 2 saturated carbocycles. The van der Waals surface area contributed by atoms with Crippen molar-refractivity contribution in [3.05, 3.63) is 23.7 Å². The molecular formula is C16H25NO2. The summed E-state index contributed by atoms with van der Waals surface area (Å²) < 4.78 is 5.91. The molecule has 2 atom stereocenters.